The van der Waals surface area contributed by atoms with E-state index in [0.717, 1.165) is 43.3 Å². The number of rotatable bonds is 7. The van der Waals surface area contributed by atoms with Crippen LogP contribution in [0.25, 0.3) is 11.5 Å². The SMILES string of the molecule is CC(=O)OCC(Oc1ccc(F)c(C(N)=O)c1F)c1nc(-c2ccc(C(F)(F)F)cc2)oc1Br. The first-order valence-electron chi connectivity index (χ1n) is 9.30. The normalized spacial score (nSPS) is 12.3. The van der Waals surface area contributed by atoms with Gasteiger partial charge < -0.3 is 19.6 Å². The average Bonchev–Trinajstić information content (AvgIpc) is 3.13. The monoisotopic (exact) mass is 548 g/mol. The van der Waals surface area contributed by atoms with Crippen molar-refractivity contribution in [1.29, 1.82) is 0 Å². The van der Waals surface area contributed by atoms with E-state index in [0.29, 0.717) is 0 Å². The third-order valence-electron chi connectivity index (χ3n) is 4.38. The molecule has 3 aromatic rings. The Kier molecular flexibility index (Phi) is 7.24. The number of nitrogens with two attached hydrogens (primary N) is 1. The Morgan fingerprint density at radius 1 is 1.15 bits per heavy atom. The number of benzene rings is 2. The van der Waals surface area contributed by atoms with Gasteiger partial charge in [-0.3, -0.25) is 9.59 Å². The number of esters is 1. The van der Waals surface area contributed by atoms with E-state index in [2.05, 4.69) is 20.9 Å². The number of hydrogen-bond donors (Lipinski definition) is 1. The summed E-state index contributed by atoms with van der Waals surface area (Å²) in [5.74, 6) is -5.40. The molecule has 0 spiro atoms. The molecule has 1 atom stereocenters. The molecule has 1 heterocycles. The first-order valence-corrected chi connectivity index (χ1v) is 10.1. The smallest absolute Gasteiger partial charge is 0.416 e. The molecule has 0 aliphatic rings. The predicted octanol–water partition coefficient (Wildman–Crippen LogP) is 5.18. The fourth-order valence-electron chi connectivity index (χ4n) is 2.80. The fourth-order valence-corrected chi connectivity index (χ4v) is 3.30. The van der Waals surface area contributed by atoms with Crippen LogP contribution in [0.1, 0.15) is 34.6 Å². The maximum atomic E-state index is 14.6. The lowest BCUT2D eigenvalue weighted by Gasteiger charge is -2.18. The Labute approximate surface area is 196 Å². The van der Waals surface area contributed by atoms with Crippen LogP contribution in [0.2, 0.25) is 0 Å². The number of halogens is 6. The molecule has 2 aromatic carbocycles. The lowest BCUT2D eigenvalue weighted by atomic mass is 10.1. The molecular formula is C21H14BrF5N2O5. The Morgan fingerprint density at radius 2 is 1.79 bits per heavy atom. The molecule has 1 amide bonds. The summed E-state index contributed by atoms with van der Waals surface area (Å²) in [6, 6.07) is 5.57. The minimum atomic E-state index is -4.53. The number of amides is 1. The van der Waals surface area contributed by atoms with Gasteiger partial charge in [-0.05, 0) is 52.3 Å². The maximum absolute atomic E-state index is 14.6. The van der Waals surface area contributed by atoms with Gasteiger partial charge in [0.15, 0.2) is 22.3 Å². The van der Waals surface area contributed by atoms with Crippen LogP contribution in [0.3, 0.4) is 0 Å². The van der Waals surface area contributed by atoms with Gasteiger partial charge in [0.25, 0.3) is 5.91 Å². The van der Waals surface area contributed by atoms with E-state index in [4.69, 9.17) is 19.6 Å². The molecule has 1 unspecified atom stereocenters. The number of oxazole rings is 1. The Hall–Kier alpha value is -3.48. The van der Waals surface area contributed by atoms with Crippen LogP contribution in [0, 0.1) is 11.6 Å². The third kappa shape index (κ3) is 5.53. The number of carbonyl (C=O) groups is 2. The zero-order valence-corrected chi connectivity index (χ0v) is 18.7. The van der Waals surface area contributed by atoms with Crippen molar-refractivity contribution in [2.24, 2.45) is 5.73 Å². The van der Waals surface area contributed by atoms with Gasteiger partial charge in [0, 0.05) is 12.5 Å². The second kappa shape index (κ2) is 9.79. The molecule has 0 bridgehead atoms. The molecule has 3 rings (SSSR count). The highest BCUT2D eigenvalue weighted by atomic mass is 79.9. The molecule has 0 aliphatic heterocycles. The third-order valence-corrected chi connectivity index (χ3v) is 4.95. The van der Waals surface area contributed by atoms with Gasteiger partial charge >= 0.3 is 12.1 Å². The highest BCUT2D eigenvalue weighted by molar-refractivity contribution is 9.10. The number of carbonyl (C=O) groups excluding carboxylic acids is 2. The molecule has 2 N–H and O–H groups in total. The van der Waals surface area contributed by atoms with Crippen molar-refractivity contribution in [2.75, 3.05) is 6.61 Å². The summed E-state index contributed by atoms with van der Waals surface area (Å²) in [7, 11) is 0. The Bertz CT molecular complexity index is 1230. The van der Waals surface area contributed by atoms with E-state index in [1.807, 2.05) is 0 Å². The highest BCUT2D eigenvalue weighted by Crippen LogP contribution is 2.35. The maximum Gasteiger partial charge on any atom is 0.416 e. The number of ether oxygens (including phenoxy) is 2. The molecule has 1 aromatic heterocycles. The van der Waals surface area contributed by atoms with Crippen molar-refractivity contribution in [3.63, 3.8) is 0 Å². The zero-order valence-electron chi connectivity index (χ0n) is 17.1. The van der Waals surface area contributed by atoms with E-state index < -0.39 is 59.3 Å². The topological polar surface area (TPSA) is 105 Å². The zero-order chi connectivity index (χ0) is 25.2. The van der Waals surface area contributed by atoms with Crippen LogP contribution >= 0.6 is 15.9 Å². The summed E-state index contributed by atoms with van der Waals surface area (Å²) in [5.41, 5.74) is 3.21. The number of primary amides is 1. The van der Waals surface area contributed by atoms with Crippen molar-refractivity contribution < 1.29 is 45.4 Å². The second-order valence-corrected chi connectivity index (χ2v) is 7.48. The van der Waals surface area contributed by atoms with Crippen LogP contribution in [-0.4, -0.2) is 23.5 Å². The Balaban J connectivity index is 1.98. The summed E-state index contributed by atoms with van der Waals surface area (Å²) < 4.78 is 82.6. The van der Waals surface area contributed by atoms with E-state index in [9.17, 15) is 31.5 Å². The van der Waals surface area contributed by atoms with Crippen molar-refractivity contribution in [2.45, 2.75) is 19.2 Å². The lowest BCUT2D eigenvalue weighted by molar-refractivity contribution is -0.143. The minimum absolute atomic E-state index is 0.0551. The highest BCUT2D eigenvalue weighted by Gasteiger charge is 2.31. The van der Waals surface area contributed by atoms with Crippen LogP contribution in [-0.2, 0) is 15.7 Å². The predicted molar refractivity (Wildman–Crippen MR) is 110 cm³/mol. The molecule has 7 nitrogen and oxygen atoms in total. The number of hydrogen-bond acceptors (Lipinski definition) is 6. The summed E-state index contributed by atoms with van der Waals surface area (Å²) in [6.45, 7) is 0.599. The van der Waals surface area contributed by atoms with Gasteiger partial charge in [-0.2, -0.15) is 13.2 Å². The average molecular weight is 549 g/mol. The van der Waals surface area contributed by atoms with Gasteiger partial charge in [-0.15, -0.1) is 0 Å². The summed E-state index contributed by atoms with van der Waals surface area (Å²) in [6.07, 6.45) is -5.86. The molecule has 0 aliphatic carbocycles. The van der Waals surface area contributed by atoms with Gasteiger partial charge in [0.2, 0.25) is 5.89 Å². The van der Waals surface area contributed by atoms with Crippen LogP contribution in [0.15, 0.2) is 45.5 Å². The Morgan fingerprint density at radius 3 is 2.35 bits per heavy atom. The van der Waals surface area contributed by atoms with E-state index in [1.54, 1.807) is 0 Å². The first kappa shape index (κ1) is 25.1. The molecule has 0 radical (unpaired) electrons. The standard InChI is InChI=1S/C21H14BrF5N2O5/c1-9(30)32-8-14(33-13-7-6-12(23)15(16(13)24)19(28)31)17-18(22)34-20(29-17)10-2-4-11(5-3-10)21(25,26)27/h2-7,14H,8H2,1H3,(H2,28,31). The number of nitrogens with zero attached hydrogens (tertiary/aromatic N) is 1. The van der Waals surface area contributed by atoms with Gasteiger partial charge in [-0.25, -0.2) is 13.8 Å². The van der Waals surface area contributed by atoms with Gasteiger partial charge in [0.05, 0.1) is 5.56 Å². The van der Waals surface area contributed by atoms with E-state index in [-0.39, 0.29) is 21.8 Å². The molecule has 0 saturated carbocycles. The summed E-state index contributed by atoms with van der Waals surface area (Å²) in [5, 5.41) is 0. The van der Waals surface area contributed by atoms with Crippen LogP contribution < -0.4 is 10.5 Å². The van der Waals surface area contributed by atoms with Crippen LogP contribution in [0.5, 0.6) is 5.75 Å². The molecule has 13 heteroatoms. The van der Waals surface area contributed by atoms with E-state index >= 15 is 0 Å². The van der Waals surface area contributed by atoms with Gasteiger partial charge in [0.1, 0.15) is 23.7 Å². The first-order chi connectivity index (χ1) is 15.9. The molecule has 180 valence electrons. The summed E-state index contributed by atoms with van der Waals surface area (Å²) >= 11 is 3.09. The molecular weight excluding hydrogens is 535 g/mol. The largest absolute Gasteiger partial charge is 0.477 e. The molecule has 34 heavy (non-hydrogen) atoms. The van der Waals surface area contributed by atoms with E-state index in [1.165, 1.54) is 0 Å². The minimum Gasteiger partial charge on any atom is -0.477 e. The van der Waals surface area contributed by atoms with Crippen molar-refractivity contribution in [1.82, 2.24) is 4.98 Å². The van der Waals surface area contributed by atoms with Crippen molar-refractivity contribution >= 4 is 27.8 Å². The van der Waals surface area contributed by atoms with Crippen molar-refractivity contribution in [3.05, 3.63) is 69.5 Å². The number of alkyl halides is 3. The lowest BCUT2D eigenvalue weighted by Crippen LogP contribution is -2.20. The van der Waals surface area contributed by atoms with Crippen molar-refractivity contribution in [3.8, 4) is 17.2 Å². The summed E-state index contributed by atoms with van der Waals surface area (Å²) in [4.78, 5) is 26.8. The fraction of sp³-hybridized carbons (Fsp3) is 0.190. The molecule has 0 saturated heterocycles. The van der Waals surface area contributed by atoms with Crippen LogP contribution in [0.4, 0.5) is 22.0 Å². The molecule has 0 fully saturated rings. The second-order valence-electron chi connectivity index (χ2n) is 6.76. The number of aromatic nitrogens is 1. The van der Waals surface area contributed by atoms with Gasteiger partial charge in [-0.1, -0.05) is 0 Å². The quantitative estimate of drug-likeness (QED) is 0.322.